The summed E-state index contributed by atoms with van der Waals surface area (Å²) in [4.78, 5) is 24.6. The first kappa shape index (κ1) is 28.3. The van der Waals surface area contributed by atoms with Crippen molar-refractivity contribution in [2.75, 3.05) is 20.8 Å². The summed E-state index contributed by atoms with van der Waals surface area (Å²) in [6.45, 7) is 4.78. The van der Waals surface area contributed by atoms with Gasteiger partial charge in [0.05, 0.1) is 30.9 Å². The van der Waals surface area contributed by atoms with Gasteiger partial charge in [-0.1, -0.05) is 52.5 Å². The number of methoxy groups -OCH3 is 2. The lowest BCUT2D eigenvalue weighted by molar-refractivity contribution is -0.145. The van der Waals surface area contributed by atoms with E-state index in [2.05, 4.69) is 5.32 Å². The summed E-state index contributed by atoms with van der Waals surface area (Å²) in [5, 5.41) is 3.65. The highest BCUT2D eigenvalue weighted by Crippen LogP contribution is 2.41. The number of alkyl carbamates (subject to hydrolysis) is 1. The molecule has 0 aromatic heterocycles. The molecular weight excluding hydrogens is 528 g/mol. The summed E-state index contributed by atoms with van der Waals surface area (Å²) in [5.41, 5.74) is 0.102. The summed E-state index contributed by atoms with van der Waals surface area (Å²) >= 11 is 25.5. The van der Waals surface area contributed by atoms with Gasteiger partial charge in [-0.25, -0.2) is 9.59 Å². The Morgan fingerprint density at radius 3 is 2.09 bits per heavy atom. The van der Waals surface area contributed by atoms with Crippen molar-refractivity contribution in [2.45, 2.75) is 38.5 Å². The molecule has 2 atom stereocenters. The van der Waals surface area contributed by atoms with Crippen LogP contribution in [0.4, 0.5) is 4.79 Å². The minimum atomic E-state index is -1.19. The van der Waals surface area contributed by atoms with Gasteiger partial charge in [0.1, 0.15) is 17.5 Å². The van der Waals surface area contributed by atoms with Gasteiger partial charge in [-0.15, -0.1) is 0 Å². The Labute approximate surface area is 218 Å². The van der Waals surface area contributed by atoms with Gasteiger partial charge in [0.15, 0.2) is 6.04 Å². The third-order valence-electron chi connectivity index (χ3n) is 4.40. The molecule has 0 aliphatic carbocycles. The largest absolute Gasteiger partial charge is 0.497 e. The lowest BCUT2D eigenvalue weighted by Gasteiger charge is -2.26. The molecule has 0 radical (unpaired) electrons. The van der Waals surface area contributed by atoms with Crippen LogP contribution >= 0.6 is 46.4 Å². The van der Waals surface area contributed by atoms with Gasteiger partial charge in [-0.2, -0.15) is 0 Å². The third-order valence-corrected chi connectivity index (χ3v) is 5.59. The zero-order valence-corrected chi connectivity index (χ0v) is 22.2. The number of amides is 1. The molecule has 7 nitrogen and oxygen atoms in total. The highest BCUT2D eigenvalue weighted by atomic mass is 35.5. The smallest absolute Gasteiger partial charge is 0.408 e. The first-order valence-electron chi connectivity index (χ1n) is 10.0. The predicted molar refractivity (Wildman–Crippen MR) is 132 cm³/mol. The summed E-state index contributed by atoms with van der Waals surface area (Å²) in [5.74, 6) is -0.294. The minimum Gasteiger partial charge on any atom is -0.497 e. The average Bonchev–Trinajstić information content (AvgIpc) is 2.72. The molecule has 1 amide bonds. The number of rotatable bonds is 8. The second-order valence-electron chi connectivity index (χ2n) is 8.11. The van der Waals surface area contributed by atoms with Crippen molar-refractivity contribution in [1.29, 1.82) is 0 Å². The van der Waals surface area contributed by atoms with Crippen molar-refractivity contribution >= 4 is 58.5 Å². The van der Waals surface area contributed by atoms with E-state index in [0.29, 0.717) is 21.9 Å². The van der Waals surface area contributed by atoms with Crippen molar-refractivity contribution in [3.63, 3.8) is 0 Å². The fourth-order valence-corrected chi connectivity index (χ4v) is 4.10. The van der Waals surface area contributed by atoms with Crippen LogP contribution in [0.2, 0.25) is 20.1 Å². The number of benzene rings is 2. The normalized spacial score (nSPS) is 13.1. The fraction of sp³-hybridized carbons (Fsp3) is 0.391. The lowest BCUT2D eigenvalue weighted by atomic mass is 10.0. The zero-order valence-electron chi connectivity index (χ0n) is 19.2. The molecule has 0 bridgehead atoms. The molecule has 0 aliphatic rings. The molecule has 2 aromatic carbocycles. The summed E-state index contributed by atoms with van der Waals surface area (Å²) in [6, 6.07) is 6.77. The molecule has 11 heteroatoms. The van der Waals surface area contributed by atoms with Crippen molar-refractivity contribution in [3.8, 4) is 5.75 Å². The molecule has 0 aliphatic heterocycles. The average molecular weight is 553 g/mol. The fourth-order valence-electron chi connectivity index (χ4n) is 2.93. The van der Waals surface area contributed by atoms with Gasteiger partial charge in [0.2, 0.25) is 0 Å². The number of halogens is 4. The van der Waals surface area contributed by atoms with Crippen molar-refractivity contribution in [1.82, 2.24) is 5.32 Å². The summed E-state index contributed by atoms with van der Waals surface area (Å²) in [6.07, 6.45) is -1.74. The van der Waals surface area contributed by atoms with Crippen molar-refractivity contribution < 1.29 is 28.5 Å². The van der Waals surface area contributed by atoms with E-state index >= 15 is 0 Å². The molecule has 2 rings (SSSR count). The number of hydrogen-bond donors (Lipinski definition) is 1. The Morgan fingerprint density at radius 2 is 1.59 bits per heavy atom. The molecule has 2 aromatic rings. The zero-order chi connectivity index (χ0) is 25.6. The van der Waals surface area contributed by atoms with E-state index in [0.717, 1.165) is 0 Å². The number of esters is 1. The number of hydrogen-bond acceptors (Lipinski definition) is 6. The van der Waals surface area contributed by atoms with E-state index in [9.17, 15) is 9.59 Å². The molecule has 0 saturated carbocycles. The number of carbonyl (C=O) groups excluding carboxylic acids is 2. The Hall–Kier alpha value is -1.90. The number of carbonyl (C=O) groups is 2. The molecule has 0 heterocycles. The summed E-state index contributed by atoms with van der Waals surface area (Å²) in [7, 11) is 2.67. The standard InChI is InChI=1S/C23H25Cl4NO6/c1-23(2,3)34-22(30)28-18(21(29)32-5)11-33-20(14-7-6-12(24)8-15(14)25)19-16(26)9-13(31-4)10-17(19)27/h6-10,18,20H,11H2,1-5H3,(H,28,30)/t18-,20?/m0/s1. The molecule has 0 spiro atoms. The van der Waals surface area contributed by atoms with E-state index in [1.54, 1.807) is 45.0 Å². The van der Waals surface area contributed by atoms with Gasteiger partial charge in [0.25, 0.3) is 0 Å². The topological polar surface area (TPSA) is 83.1 Å². The Morgan fingerprint density at radius 1 is 0.971 bits per heavy atom. The van der Waals surface area contributed by atoms with E-state index < -0.39 is 29.8 Å². The molecule has 34 heavy (non-hydrogen) atoms. The maximum atomic E-state index is 12.3. The number of nitrogens with one attached hydrogen (secondary N) is 1. The SMILES string of the molecule is COC(=O)[C@H](COC(c1ccc(Cl)cc1Cl)c1c(Cl)cc(OC)cc1Cl)NC(=O)OC(C)(C)C. The van der Waals surface area contributed by atoms with Crippen LogP contribution in [-0.4, -0.2) is 44.5 Å². The van der Waals surface area contributed by atoms with Crippen LogP contribution in [0, 0.1) is 0 Å². The van der Waals surface area contributed by atoms with Gasteiger partial charge < -0.3 is 24.3 Å². The lowest BCUT2D eigenvalue weighted by Crippen LogP contribution is -2.46. The van der Waals surface area contributed by atoms with E-state index in [1.165, 1.54) is 20.3 Å². The van der Waals surface area contributed by atoms with E-state index in [-0.39, 0.29) is 21.7 Å². The van der Waals surface area contributed by atoms with Crippen molar-refractivity contribution in [3.05, 3.63) is 61.5 Å². The molecule has 1 unspecified atom stereocenters. The molecule has 1 N–H and O–H groups in total. The van der Waals surface area contributed by atoms with Gasteiger partial charge in [0, 0.05) is 21.2 Å². The van der Waals surface area contributed by atoms with Gasteiger partial charge >= 0.3 is 12.1 Å². The first-order chi connectivity index (χ1) is 15.9. The highest BCUT2D eigenvalue weighted by molar-refractivity contribution is 6.37. The van der Waals surface area contributed by atoms with Gasteiger partial charge in [-0.05, 0) is 45.0 Å². The Balaban J connectivity index is 2.43. The Bertz CT molecular complexity index is 1020. The van der Waals surface area contributed by atoms with Crippen LogP contribution in [0.1, 0.15) is 38.0 Å². The molecule has 0 saturated heterocycles. The minimum absolute atomic E-state index is 0.245. The van der Waals surface area contributed by atoms with E-state index in [1.807, 2.05) is 0 Å². The quantitative estimate of drug-likeness (QED) is 0.377. The molecule has 0 fully saturated rings. The van der Waals surface area contributed by atoms with Gasteiger partial charge in [-0.3, -0.25) is 0 Å². The molecule has 186 valence electrons. The van der Waals surface area contributed by atoms with Crippen LogP contribution in [0.25, 0.3) is 0 Å². The first-order valence-corrected chi connectivity index (χ1v) is 11.5. The van der Waals surface area contributed by atoms with Crippen LogP contribution < -0.4 is 10.1 Å². The van der Waals surface area contributed by atoms with Crippen molar-refractivity contribution in [2.24, 2.45) is 0 Å². The number of ether oxygens (including phenoxy) is 4. The molecular formula is C23H25Cl4NO6. The van der Waals surface area contributed by atoms with Crippen LogP contribution in [0.15, 0.2) is 30.3 Å². The maximum Gasteiger partial charge on any atom is 0.408 e. The summed E-state index contributed by atoms with van der Waals surface area (Å²) < 4.78 is 21.3. The maximum absolute atomic E-state index is 12.3. The predicted octanol–water partition coefficient (Wildman–Crippen LogP) is 6.48. The monoisotopic (exact) mass is 551 g/mol. The second kappa shape index (κ2) is 12.2. The van der Waals surface area contributed by atoms with E-state index in [4.69, 9.17) is 65.4 Å². The van der Waals surface area contributed by atoms with Crippen LogP contribution in [0.5, 0.6) is 5.75 Å². The second-order valence-corrected chi connectivity index (χ2v) is 9.76. The highest BCUT2D eigenvalue weighted by Gasteiger charge is 2.30. The van der Waals surface area contributed by atoms with Crippen LogP contribution in [-0.2, 0) is 19.0 Å². The third kappa shape index (κ3) is 7.82. The Kier molecular flexibility index (Phi) is 10.2. The van der Waals surface area contributed by atoms with Crippen LogP contribution in [0.3, 0.4) is 0 Å².